The fraction of sp³-hybridized carbons (Fsp3) is 0.333. The van der Waals surface area contributed by atoms with Crippen molar-refractivity contribution in [1.29, 1.82) is 0 Å². The Kier molecular flexibility index (Phi) is 4.26. The highest BCUT2D eigenvalue weighted by Gasteiger charge is 2.05. The molecule has 0 unspecified atom stereocenters. The summed E-state index contributed by atoms with van der Waals surface area (Å²) in [7, 11) is 1.96. The lowest BCUT2D eigenvalue weighted by Crippen LogP contribution is -1.97. The van der Waals surface area contributed by atoms with Gasteiger partial charge in [0.1, 0.15) is 0 Å². The lowest BCUT2D eigenvalue weighted by Gasteiger charge is -2.12. The van der Waals surface area contributed by atoms with Gasteiger partial charge in [-0.1, -0.05) is 44.2 Å². The van der Waals surface area contributed by atoms with E-state index in [9.17, 15) is 0 Å². The van der Waals surface area contributed by atoms with Crippen molar-refractivity contribution in [2.45, 2.75) is 33.1 Å². The van der Waals surface area contributed by atoms with Gasteiger partial charge >= 0.3 is 0 Å². The fourth-order valence-corrected chi connectivity index (χ4v) is 2.30. The SMILES string of the molecule is CNc1cccc(Cc2cc(C(C)C)ccc2C)c1. The second-order valence-corrected chi connectivity index (χ2v) is 5.47. The summed E-state index contributed by atoms with van der Waals surface area (Å²) in [4.78, 5) is 0. The van der Waals surface area contributed by atoms with E-state index in [1.54, 1.807) is 0 Å². The number of benzene rings is 2. The molecule has 0 spiro atoms. The van der Waals surface area contributed by atoms with Crippen LogP contribution in [0.2, 0.25) is 0 Å². The second kappa shape index (κ2) is 5.92. The summed E-state index contributed by atoms with van der Waals surface area (Å²) in [6.07, 6.45) is 1.00. The van der Waals surface area contributed by atoms with Crippen LogP contribution >= 0.6 is 0 Å². The van der Waals surface area contributed by atoms with Gasteiger partial charge in [-0.25, -0.2) is 0 Å². The molecular formula is C18H23N. The molecule has 1 nitrogen and oxygen atoms in total. The molecule has 2 aromatic carbocycles. The molecule has 2 aromatic rings. The third-order valence-electron chi connectivity index (χ3n) is 3.65. The van der Waals surface area contributed by atoms with E-state index in [0.29, 0.717) is 5.92 Å². The Labute approximate surface area is 116 Å². The van der Waals surface area contributed by atoms with Gasteiger partial charge < -0.3 is 5.32 Å². The molecule has 0 saturated heterocycles. The third-order valence-corrected chi connectivity index (χ3v) is 3.65. The van der Waals surface area contributed by atoms with Crippen LogP contribution in [0.4, 0.5) is 5.69 Å². The van der Waals surface area contributed by atoms with Crippen LogP contribution in [0, 0.1) is 6.92 Å². The smallest absolute Gasteiger partial charge is 0.0340 e. The molecule has 0 amide bonds. The highest BCUT2D eigenvalue weighted by atomic mass is 14.8. The third kappa shape index (κ3) is 3.37. The molecule has 0 aliphatic rings. The van der Waals surface area contributed by atoms with Crippen molar-refractivity contribution in [3.05, 3.63) is 64.7 Å². The van der Waals surface area contributed by atoms with E-state index >= 15 is 0 Å². The van der Waals surface area contributed by atoms with Gasteiger partial charge in [-0.2, -0.15) is 0 Å². The molecule has 0 atom stereocenters. The summed E-state index contributed by atoms with van der Waals surface area (Å²) in [6, 6.07) is 15.5. The van der Waals surface area contributed by atoms with Gasteiger partial charge in [0, 0.05) is 12.7 Å². The van der Waals surface area contributed by atoms with Gasteiger partial charge in [-0.05, 0) is 53.6 Å². The van der Waals surface area contributed by atoms with Crippen LogP contribution in [0.1, 0.15) is 42.0 Å². The maximum absolute atomic E-state index is 3.20. The van der Waals surface area contributed by atoms with Crippen LogP contribution in [-0.2, 0) is 6.42 Å². The molecule has 0 radical (unpaired) electrons. The second-order valence-electron chi connectivity index (χ2n) is 5.47. The summed E-state index contributed by atoms with van der Waals surface area (Å²) >= 11 is 0. The Morgan fingerprint density at radius 1 is 1.05 bits per heavy atom. The maximum atomic E-state index is 3.20. The topological polar surface area (TPSA) is 12.0 Å². The van der Waals surface area contributed by atoms with Gasteiger partial charge in [0.25, 0.3) is 0 Å². The van der Waals surface area contributed by atoms with E-state index in [4.69, 9.17) is 0 Å². The van der Waals surface area contributed by atoms with E-state index in [1.165, 1.54) is 27.9 Å². The largest absolute Gasteiger partial charge is 0.388 e. The summed E-state index contributed by atoms with van der Waals surface area (Å²) in [5, 5.41) is 3.20. The zero-order valence-corrected chi connectivity index (χ0v) is 12.3. The van der Waals surface area contributed by atoms with Crippen LogP contribution in [0.3, 0.4) is 0 Å². The van der Waals surface area contributed by atoms with Crippen molar-refractivity contribution in [2.75, 3.05) is 12.4 Å². The van der Waals surface area contributed by atoms with E-state index in [0.717, 1.165) is 6.42 Å². The highest BCUT2D eigenvalue weighted by Crippen LogP contribution is 2.22. The Balaban J connectivity index is 2.29. The van der Waals surface area contributed by atoms with Crippen molar-refractivity contribution >= 4 is 5.69 Å². The van der Waals surface area contributed by atoms with Gasteiger partial charge in [0.05, 0.1) is 0 Å². The predicted molar refractivity (Wildman–Crippen MR) is 84.1 cm³/mol. The minimum atomic E-state index is 0.586. The zero-order valence-electron chi connectivity index (χ0n) is 12.3. The maximum Gasteiger partial charge on any atom is 0.0340 e. The molecular weight excluding hydrogens is 230 g/mol. The number of hydrogen-bond donors (Lipinski definition) is 1. The van der Waals surface area contributed by atoms with Crippen LogP contribution in [0.25, 0.3) is 0 Å². The normalized spacial score (nSPS) is 10.8. The van der Waals surface area contributed by atoms with Crippen LogP contribution in [0.15, 0.2) is 42.5 Å². The van der Waals surface area contributed by atoms with Crippen molar-refractivity contribution in [2.24, 2.45) is 0 Å². The Hall–Kier alpha value is -1.76. The quantitative estimate of drug-likeness (QED) is 0.829. The van der Waals surface area contributed by atoms with Gasteiger partial charge in [0.15, 0.2) is 0 Å². The first-order valence-corrected chi connectivity index (χ1v) is 6.96. The average molecular weight is 253 g/mol. The Morgan fingerprint density at radius 3 is 2.53 bits per heavy atom. The number of rotatable bonds is 4. The van der Waals surface area contributed by atoms with Crippen LogP contribution in [0.5, 0.6) is 0 Å². The first kappa shape index (κ1) is 13.7. The average Bonchev–Trinajstić information content (AvgIpc) is 2.41. The van der Waals surface area contributed by atoms with Crippen molar-refractivity contribution in [3.63, 3.8) is 0 Å². The molecule has 1 N–H and O–H groups in total. The summed E-state index contributed by atoms with van der Waals surface area (Å²) in [5.74, 6) is 0.586. The number of anilines is 1. The molecule has 1 heteroatoms. The highest BCUT2D eigenvalue weighted by molar-refractivity contribution is 5.47. The number of hydrogen-bond acceptors (Lipinski definition) is 1. The van der Waals surface area contributed by atoms with E-state index in [2.05, 4.69) is 68.6 Å². The number of nitrogens with one attached hydrogen (secondary N) is 1. The van der Waals surface area contributed by atoms with E-state index in [-0.39, 0.29) is 0 Å². The molecule has 0 aromatic heterocycles. The van der Waals surface area contributed by atoms with Crippen LogP contribution in [-0.4, -0.2) is 7.05 Å². The first-order chi connectivity index (χ1) is 9.10. The standard InChI is InChI=1S/C18H23N/c1-13(2)16-9-8-14(3)17(12-16)10-15-6-5-7-18(11-15)19-4/h5-9,11-13,19H,10H2,1-4H3. The van der Waals surface area contributed by atoms with Crippen molar-refractivity contribution in [1.82, 2.24) is 0 Å². The van der Waals surface area contributed by atoms with Crippen molar-refractivity contribution < 1.29 is 0 Å². The molecule has 100 valence electrons. The Morgan fingerprint density at radius 2 is 1.84 bits per heavy atom. The van der Waals surface area contributed by atoms with Gasteiger partial charge in [-0.3, -0.25) is 0 Å². The summed E-state index contributed by atoms with van der Waals surface area (Å²) in [6.45, 7) is 6.69. The Bertz CT molecular complexity index is 555. The molecule has 0 heterocycles. The molecule has 0 aliphatic carbocycles. The molecule has 2 rings (SSSR count). The molecule has 19 heavy (non-hydrogen) atoms. The summed E-state index contributed by atoms with van der Waals surface area (Å²) < 4.78 is 0. The molecule has 0 bridgehead atoms. The van der Waals surface area contributed by atoms with Gasteiger partial charge in [0.2, 0.25) is 0 Å². The minimum absolute atomic E-state index is 0.586. The zero-order chi connectivity index (χ0) is 13.8. The monoisotopic (exact) mass is 253 g/mol. The van der Waals surface area contributed by atoms with Gasteiger partial charge in [-0.15, -0.1) is 0 Å². The molecule has 0 saturated carbocycles. The predicted octanol–water partition coefficient (Wildman–Crippen LogP) is 4.75. The lowest BCUT2D eigenvalue weighted by atomic mass is 9.94. The van der Waals surface area contributed by atoms with Crippen molar-refractivity contribution in [3.8, 4) is 0 Å². The van der Waals surface area contributed by atoms with E-state index in [1.807, 2.05) is 7.05 Å². The molecule has 0 aliphatic heterocycles. The van der Waals surface area contributed by atoms with Crippen LogP contribution < -0.4 is 5.32 Å². The van der Waals surface area contributed by atoms with E-state index < -0.39 is 0 Å². The first-order valence-electron chi connectivity index (χ1n) is 6.96. The fourth-order valence-electron chi connectivity index (χ4n) is 2.30. The number of aryl methyl sites for hydroxylation is 1. The lowest BCUT2D eigenvalue weighted by molar-refractivity contribution is 0.862. The minimum Gasteiger partial charge on any atom is -0.388 e. The summed E-state index contributed by atoms with van der Waals surface area (Å²) in [5.41, 5.74) is 6.76. The molecule has 0 fully saturated rings.